The first-order chi connectivity index (χ1) is 7.35. The highest BCUT2D eigenvalue weighted by atomic mass is 16.6. The SMILES string of the molecule is CCCCCCC(CC)CONCCC. The number of nitrogens with one attached hydrogen (secondary N) is 1. The van der Waals surface area contributed by atoms with E-state index in [1.54, 1.807) is 0 Å². The predicted octanol–water partition coefficient (Wildman–Crippen LogP) is 3.91. The standard InChI is InChI=1S/C13H29NO/c1-4-7-8-9-10-13(6-3)12-15-14-11-5-2/h13-14H,4-12H2,1-3H3. The van der Waals surface area contributed by atoms with Crippen LogP contribution in [0.1, 0.15) is 65.7 Å². The number of hydrogen-bond acceptors (Lipinski definition) is 2. The maximum absolute atomic E-state index is 5.43. The first kappa shape index (κ1) is 14.9. The summed E-state index contributed by atoms with van der Waals surface area (Å²) in [6.07, 6.45) is 9.15. The second-order valence-electron chi connectivity index (χ2n) is 4.33. The molecule has 0 bridgehead atoms. The Morgan fingerprint density at radius 1 is 1.00 bits per heavy atom. The van der Waals surface area contributed by atoms with Crippen molar-refractivity contribution in [1.82, 2.24) is 5.48 Å². The maximum atomic E-state index is 5.43. The van der Waals surface area contributed by atoms with Crippen LogP contribution in [-0.4, -0.2) is 13.2 Å². The minimum Gasteiger partial charge on any atom is -0.302 e. The highest BCUT2D eigenvalue weighted by molar-refractivity contribution is 4.56. The van der Waals surface area contributed by atoms with E-state index in [1.165, 1.54) is 38.5 Å². The summed E-state index contributed by atoms with van der Waals surface area (Å²) in [6, 6.07) is 0. The lowest BCUT2D eigenvalue weighted by molar-refractivity contribution is 0.0141. The monoisotopic (exact) mass is 215 g/mol. The van der Waals surface area contributed by atoms with Crippen molar-refractivity contribution in [2.24, 2.45) is 5.92 Å². The van der Waals surface area contributed by atoms with E-state index in [9.17, 15) is 0 Å². The van der Waals surface area contributed by atoms with Gasteiger partial charge in [0.1, 0.15) is 0 Å². The largest absolute Gasteiger partial charge is 0.302 e. The van der Waals surface area contributed by atoms with E-state index in [-0.39, 0.29) is 0 Å². The Morgan fingerprint density at radius 3 is 2.40 bits per heavy atom. The summed E-state index contributed by atoms with van der Waals surface area (Å²) in [5.41, 5.74) is 3.00. The van der Waals surface area contributed by atoms with Crippen LogP contribution in [0.15, 0.2) is 0 Å². The molecule has 15 heavy (non-hydrogen) atoms. The van der Waals surface area contributed by atoms with Gasteiger partial charge in [-0.15, -0.1) is 0 Å². The van der Waals surface area contributed by atoms with Crippen molar-refractivity contribution < 1.29 is 4.84 Å². The van der Waals surface area contributed by atoms with Crippen LogP contribution < -0.4 is 5.48 Å². The molecule has 0 fully saturated rings. The molecule has 0 saturated carbocycles. The van der Waals surface area contributed by atoms with Crippen LogP contribution in [0, 0.1) is 5.92 Å². The summed E-state index contributed by atoms with van der Waals surface area (Å²) >= 11 is 0. The van der Waals surface area contributed by atoms with Gasteiger partial charge in [0.15, 0.2) is 0 Å². The molecule has 1 unspecified atom stereocenters. The van der Waals surface area contributed by atoms with E-state index in [0.717, 1.165) is 25.5 Å². The predicted molar refractivity (Wildman–Crippen MR) is 66.8 cm³/mol. The molecule has 0 radical (unpaired) electrons. The first-order valence-electron chi connectivity index (χ1n) is 6.69. The summed E-state index contributed by atoms with van der Waals surface area (Å²) in [5, 5.41) is 0. The summed E-state index contributed by atoms with van der Waals surface area (Å²) in [7, 11) is 0. The van der Waals surface area contributed by atoms with Crippen molar-refractivity contribution >= 4 is 0 Å². The van der Waals surface area contributed by atoms with Gasteiger partial charge in [-0.3, -0.25) is 0 Å². The lowest BCUT2D eigenvalue weighted by Gasteiger charge is -2.14. The van der Waals surface area contributed by atoms with Gasteiger partial charge in [0.05, 0.1) is 6.61 Å². The van der Waals surface area contributed by atoms with Crippen LogP contribution in [-0.2, 0) is 4.84 Å². The fourth-order valence-corrected chi connectivity index (χ4v) is 1.62. The van der Waals surface area contributed by atoms with Crippen molar-refractivity contribution in [3.63, 3.8) is 0 Å². The second kappa shape index (κ2) is 12.0. The van der Waals surface area contributed by atoms with Gasteiger partial charge < -0.3 is 4.84 Å². The van der Waals surface area contributed by atoms with Gasteiger partial charge in [0.2, 0.25) is 0 Å². The number of unbranched alkanes of at least 4 members (excludes halogenated alkanes) is 3. The topological polar surface area (TPSA) is 21.3 Å². The molecule has 1 N–H and O–H groups in total. The molecule has 0 aromatic heterocycles. The van der Waals surface area contributed by atoms with Gasteiger partial charge in [-0.1, -0.05) is 52.9 Å². The molecular weight excluding hydrogens is 186 g/mol. The fraction of sp³-hybridized carbons (Fsp3) is 1.00. The average molecular weight is 215 g/mol. The number of hydrogen-bond donors (Lipinski definition) is 1. The van der Waals surface area contributed by atoms with Crippen molar-refractivity contribution in [2.75, 3.05) is 13.2 Å². The molecule has 0 saturated heterocycles. The highest BCUT2D eigenvalue weighted by Crippen LogP contribution is 2.14. The van der Waals surface area contributed by atoms with Crippen LogP contribution >= 0.6 is 0 Å². The minimum atomic E-state index is 0.742. The van der Waals surface area contributed by atoms with Crippen LogP contribution in [0.3, 0.4) is 0 Å². The highest BCUT2D eigenvalue weighted by Gasteiger charge is 2.05. The van der Waals surface area contributed by atoms with Gasteiger partial charge in [-0.05, 0) is 18.8 Å². The zero-order valence-corrected chi connectivity index (χ0v) is 10.8. The third kappa shape index (κ3) is 10.2. The molecule has 0 heterocycles. The Hall–Kier alpha value is -0.0800. The maximum Gasteiger partial charge on any atom is 0.0710 e. The fourth-order valence-electron chi connectivity index (χ4n) is 1.62. The first-order valence-corrected chi connectivity index (χ1v) is 6.69. The van der Waals surface area contributed by atoms with E-state index in [4.69, 9.17) is 4.84 Å². The molecule has 0 amide bonds. The van der Waals surface area contributed by atoms with E-state index >= 15 is 0 Å². The van der Waals surface area contributed by atoms with Gasteiger partial charge >= 0.3 is 0 Å². The normalized spacial score (nSPS) is 13.0. The molecule has 0 aliphatic heterocycles. The lowest BCUT2D eigenvalue weighted by atomic mass is 9.99. The Morgan fingerprint density at radius 2 is 1.80 bits per heavy atom. The third-order valence-electron chi connectivity index (χ3n) is 2.82. The second-order valence-corrected chi connectivity index (χ2v) is 4.33. The summed E-state index contributed by atoms with van der Waals surface area (Å²) in [6.45, 7) is 8.51. The van der Waals surface area contributed by atoms with Crippen LogP contribution in [0.25, 0.3) is 0 Å². The van der Waals surface area contributed by atoms with Crippen LogP contribution in [0.2, 0.25) is 0 Å². The van der Waals surface area contributed by atoms with Crippen molar-refractivity contribution in [3.8, 4) is 0 Å². The van der Waals surface area contributed by atoms with E-state index < -0.39 is 0 Å². The summed E-state index contributed by atoms with van der Waals surface area (Å²) in [4.78, 5) is 5.43. The van der Waals surface area contributed by atoms with Crippen molar-refractivity contribution in [2.45, 2.75) is 65.7 Å². The van der Waals surface area contributed by atoms with Crippen molar-refractivity contribution in [3.05, 3.63) is 0 Å². The average Bonchev–Trinajstić information content (AvgIpc) is 2.27. The molecule has 0 aromatic carbocycles. The van der Waals surface area contributed by atoms with E-state index in [0.29, 0.717) is 0 Å². The van der Waals surface area contributed by atoms with Crippen LogP contribution in [0.5, 0.6) is 0 Å². The number of rotatable bonds is 11. The van der Waals surface area contributed by atoms with Crippen molar-refractivity contribution in [1.29, 1.82) is 0 Å². The molecule has 1 atom stereocenters. The molecule has 0 aliphatic rings. The Bertz CT molecular complexity index is 105. The van der Waals surface area contributed by atoms with Crippen LogP contribution in [0.4, 0.5) is 0 Å². The smallest absolute Gasteiger partial charge is 0.0710 e. The third-order valence-corrected chi connectivity index (χ3v) is 2.82. The Balaban J connectivity index is 3.29. The molecule has 0 spiro atoms. The van der Waals surface area contributed by atoms with Gasteiger partial charge in [-0.2, -0.15) is 0 Å². The molecule has 2 nitrogen and oxygen atoms in total. The van der Waals surface area contributed by atoms with Gasteiger partial charge in [-0.25, -0.2) is 5.48 Å². The Kier molecular flexibility index (Phi) is 11.9. The summed E-state index contributed by atoms with van der Waals surface area (Å²) in [5.74, 6) is 0.742. The Labute approximate surface area is 95.7 Å². The number of hydroxylamine groups is 1. The zero-order chi connectivity index (χ0) is 11.4. The molecule has 0 aromatic rings. The molecule has 0 aliphatic carbocycles. The summed E-state index contributed by atoms with van der Waals surface area (Å²) < 4.78 is 0. The molecule has 0 rings (SSSR count). The van der Waals surface area contributed by atoms with Gasteiger partial charge in [0, 0.05) is 6.54 Å². The molecule has 2 heteroatoms. The zero-order valence-electron chi connectivity index (χ0n) is 10.8. The lowest BCUT2D eigenvalue weighted by Crippen LogP contribution is -2.20. The minimum absolute atomic E-state index is 0.742. The molecular formula is C13H29NO. The quantitative estimate of drug-likeness (QED) is 0.417. The molecule has 92 valence electrons. The van der Waals surface area contributed by atoms with E-state index in [2.05, 4.69) is 26.3 Å². The van der Waals surface area contributed by atoms with Gasteiger partial charge in [0.25, 0.3) is 0 Å². The van der Waals surface area contributed by atoms with E-state index in [1.807, 2.05) is 0 Å².